The molecule has 2 amide bonds. The van der Waals surface area contributed by atoms with Crippen LogP contribution in [-0.4, -0.2) is 33.1 Å². The van der Waals surface area contributed by atoms with E-state index in [9.17, 15) is 9.90 Å². The first-order chi connectivity index (χ1) is 10.2. The first kappa shape index (κ1) is 18.5. The molecular weight excluding hydrogens is 280 g/mol. The molecule has 0 aliphatic rings. The van der Waals surface area contributed by atoms with Crippen LogP contribution in [0.4, 0.5) is 4.79 Å². The highest BCUT2D eigenvalue weighted by molar-refractivity contribution is 5.74. The van der Waals surface area contributed by atoms with Gasteiger partial charge in [0.25, 0.3) is 0 Å². The monoisotopic (exact) mass is 310 g/mol. The number of aryl methyl sites for hydroxylation is 2. The molecule has 0 saturated heterocycles. The predicted molar refractivity (Wildman–Crippen MR) is 87.7 cm³/mol. The molecule has 0 spiro atoms. The summed E-state index contributed by atoms with van der Waals surface area (Å²) in [6.45, 7) is 10.4. The van der Waals surface area contributed by atoms with E-state index in [-0.39, 0.29) is 18.5 Å². The molecule has 6 nitrogen and oxygen atoms in total. The van der Waals surface area contributed by atoms with E-state index in [1.165, 1.54) is 0 Å². The molecule has 1 atom stereocenters. The van der Waals surface area contributed by atoms with Crippen molar-refractivity contribution in [3.05, 3.63) is 17.0 Å². The van der Waals surface area contributed by atoms with Crippen molar-refractivity contribution in [3.8, 4) is 0 Å². The fourth-order valence-electron chi connectivity index (χ4n) is 2.29. The van der Waals surface area contributed by atoms with Gasteiger partial charge in [-0.1, -0.05) is 27.7 Å². The van der Waals surface area contributed by atoms with E-state index >= 15 is 0 Å². The van der Waals surface area contributed by atoms with Gasteiger partial charge in [0.05, 0.1) is 11.3 Å². The zero-order valence-electron chi connectivity index (χ0n) is 14.7. The standard InChI is InChI=1S/C16H30N4O2/c1-7-13-12(14(8-2)20(6)19-13)9-17-15(21)18-10-16(5,22)11(3)4/h11,22H,7-10H2,1-6H3,(H2,17,18,21). The second-order valence-corrected chi connectivity index (χ2v) is 6.25. The van der Waals surface area contributed by atoms with Crippen LogP contribution in [0, 0.1) is 5.92 Å². The van der Waals surface area contributed by atoms with Crippen LogP contribution in [0.5, 0.6) is 0 Å². The van der Waals surface area contributed by atoms with Crippen LogP contribution in [0.25, 0.3) is 0 Å². The number of carbonyl (C=O) groups excluding carboxylic acids is 1. The summed E-state index contributed by atoms with van der Waals surface area (Å²) in [5.41, 5.74) is 2.35. The number of hydrogen-bond acceptors (Lipinski definition) is 3. The molecule has 126 valence electrons. The molecule has 22 heavy (non-hydrogen) atoms. The fourth-order valence-corrected chi connectivity index (χ4v) is 2.29. The van der Waals surface area contributed by atoms with E-state index in [0.717, 1.165) is 29.8 Å². The van der Waals surface area contributed by atoms with Crippen molar-refractivity contribution in [2.45, 2.75) is 59.6 Å². The first-order valence-corrected chi connectivity index (χ1v) is 8.00. The minimum atomic E-state index is -0.908. The third-order valence-corrected chi connectivity index (χ3v) is 4.30. The number of amides is 2. The molecule has 1 unspecified atom stereocenters. The van der Waals surface area contributed by atoms with Crippen molar-refractivity contribution in [2.24, 2.45) is 13.0 Å². The molecule has 1 aromatic heterocycles. The lowest BCUT2D eigenvalue weighted by Crippen LogP contribution is -2.47. The highest BCUT2D eigenvalue weighted by Gasteiger charge is 2.25. The average Bonchev–Trinajstić information content (AvgIpc) is 2.77. The third-order valence-electron chi connectivity index (χ3n) is 4.30. The van der Waals surface area contributed by atoms with Gasteiger partial charge in [0.15, 0.2) is 0 Å². The minimum absolute atomic E-state index is 0.0736. The maximum atomic E-state index is 11.9. The Morgan fingerprint density at radius 1 is 1.32 bits per heavy atom. The van der Waals surface area contributed by atoms with Gasteiger partial charge in [0.1, 0.15) is 0 Å². The van der Waals surface area contributed by atoms with E-state index < -0.39 is 5.60 Å². The summed E-state index contributed by atoms with van der Waals surface area (Å²) >= 11 is 0. The smallest absolute Gasteiger partial charge is 0.315 e. The zero-order valence-corrected chi connectivity index (χ0v) is 14.7. The van der Waals surface area contributed by atoms with E-state index in [1.54, 1.807) is 6.92 Å². The SMILES string of the molecule is CCc1nn(C)c(CC)c1CNC(=O)NCC(C)(O)C(C)C. The molecule has 0 aliphatic carbocycles. The minimum Gasteiger partial charge on any atom is -0.388 e. The molecule has 0 fully saturated rings. The number of aliphatic hydroxyl groups is 1. The quantitative estimate of drug-likeness (QED) is 0.718. The number of nitrogens with zero attached hydrogens (tertiary/aromatic N) is 2. The lowest BCUT2D eigenvalue weighted by atomic mass is 9.93. The Kier molecular flexibility index (Phi) is 6.41. The molecule has 6 heteroatoms. The second kappa shape index (κ2) is 7.63. The molecule has 0 aliphatic heterocycles. The topological polar surface area (TPSA) is 79.2 Å². The number of aromatic nitrogens is 2. The molecule has 0 bridgehead atoms. The second-order valence-electron chi connectivity index (χ2n) is 6.25. The van der Waals surface area contributed by atoms with Crippen molar-refractivity contribution in [1.29, 1.82) is 0 Å². The summed E-state index contributed by atoms with van der Waals surface area (Å²) in [5, 5.41) is 20.2. The Balaban J connectivity index is 2.61. The number of nitrogens with one attached hydrogen (secondary N) is 2. The Morgan fingerprint density at radius 3 is 2.45 bits per heavy atom. The molecule has 3 N–H and O–H groups in total. The Morgan fingerprint density at radius 2 is 1.95 bits per heavy atom. The third kappa shape index (κ3) is 4.47. The summed E-state index contributed by atoms with van der Waals surface area (Å²) in [6, 6.07) is -0.270. The van der Waals surface area contributed by atoms with E-state index in [0.29, 0.717) is 6.54 Å². The maximum Gasteiger partial charge on any atom is 0.315 e. The Hall–Kier alpha value is -1.56. The number of urea groups is 1. The van der Waals surface area contributed by atoms with Crippen LogP contribution < -0.4 is 10.6 Å². The van der Waals surface area contributed by atoms with Crippen molar-refractivity contribution < 1.29 is 9.90 Å². The van der Waals surface area contributed by atoms with Crippen LogP contribution in [0.3, 0.4) is 0 Å². The molecule has 0 aromatic carbocycles. The van der Waals surface area contributed by atoms with Crippen LogP contribution in [-0.2, 0) is 26.4 Å². The summed E-state index contributed by atoms with van der Waals surface area (Å²) in [7, 11) is 1.93. The van der Waals surface area contributed by atoms with Crippen molar-refractivity contribution in [2.75, 3.05) is 6.54 Å². The fraction of sp³-hybridized carbons (Fsp3) is 0.750. The van der Waals surface area contributed by atoms with E-state index in [1.807, 2.05) is 25.6 Å². The van der Waals surface area contributed by atoms with Crippen molar-refractivity contribution in [3.63, 3.8) is 0 Å². The Labute approximate surface area is 133 Å². The summed E-state index contributed by atoms with van der Waals surface area (Å²) in [5.74, 6) is 0.0736. The molecule has 1 heterocycles. The van der Waals surface area contributed by atoms with Crippen molar-refractivity contribution >= 4 is 6.03 Å². The van der Waals surface area contributed by atoms with Gasteiger partial charge in [0.2, 0.25) is 0 Å². The van der Waals surface area contributed by atoms with Gasteiger partial charge in [-0.3, -0.25) is 4.68 Å². The molecular formula is C16H30N4O2. The van der Waals surface area contributed by atoms with Crippen LogP contribution in [0.15, 0.2) is 0 Å². The van der Waals surface area contributed by atoms with Gasteiger partial charge in [-0.2, -0.15) is 5.10 Å². The van der Waals surface area contributed by atoms with Gasteiger partial charge in [-0.05, 0) is 25.7 Å². The van der Waals surface area contributed by atoms with E-state index in [2.05, 4.69) is 29.6 Å². The predicted octanol–water partition coefficient (Wildman–Crippen LogP) is 1.75. The van der Waals surface area contributed by atoms with Crippen LogP contribution in [0.1, 0.15) is 51.6 Å². The summed E-state index contributed by atoms with van der Waals surface area (Å²) in [4.78, 5) is 11.9. The molecule has 0 radical (unpaired) electrons. The van der Waals surface area contributed by atoms with Gasteiger partial charge in [0, 0.05) is 31.4 Å². The highest BCUT2D eigenvalue weighted by atomic mass is 16.3. The van der Waals surface area contributed by atoms with Gasteiger partial charge in [-0.15, -0.1) is 0 Å². The maximum absolute atomic E-state index is 11.9. The number of rotatable bonds is 7. The van der Waals surface area contributed by atoms with Crippen LogP contribution in [0.2, 0.25) is 0 Å². The average molecular weight is 310 g/mol. The molecule has 1 aromatic rings. The normalized spacial score (nSPS) is 14.0. The zero-order chi connectivity index (χ0) is 16.9. The lowest BCUT2D eigenvalue weighted by Gasteiger charge is -2.27. The summed E-state index contributed by atoms with van der Waals surface area (Å²) < 4.78 is 1.89. The number of carbonyl (C=O) groups is 1. The van der Waals surface area contributed by atoms with Gasteiger partial charge < -0.3 is 15.7 Å². The van der Waals surface area contributed by atoms with Gasteiger partial charge in [-0.25, -0.2) is 4.79 Å². The van der Waals surface area contributed by atoms with E-state index in [4.69, 9.17) is 0 Å². The first-order valence-electron chi connectivity index (χ1n) is 8.00. The van der Waals surface area contributed by atoms with Crippen LogP contribution >= 0.6 is 0 Å². The molecule has 0 saturated carbocycles. The van der Waals surface area contributed by atoms with Gasteiger partial charge >= 0.3 is 6.03 Å². The molecule has 1 rings (SSSR count). The Bertz CT molecular complexity index is 506. The highest BCUT2D eigenvalue weighted by Crippen LogP contribution is 2.16. The van der Waals surface area contributed by atoms with Crippen molar-refractivity contribution in [1.82, 2.24) is 20.4 Å². The number of hydrogen-bond donors (Lipinski definition) is 3. The summed E-state index contributed by atoms with van der Waals surface area (Å²) in [6.07, 6.45) is 1.72. The largest absolute Gasteiger partial charge is 0.388 e. The lowest BCUT2D eigenvalue weighted by molar-refractivity contribution is 0.0166.